The van der Waals surface area contributed by atoms with Gasteiger partial charge in [0, 0.05) is 13.0 Å². The van der Waals surface area contributed by atoms with Crippen LogP contribution >= 0.6 is 0 Å². The van der Waals surface area contributed by atoms with Crippen molar-refractivity contribution >= 4 is 17.1 Å². The van der Waals surface area contributed by atoms with E-state index in [0.717, 1.165) is 23.4 Å². The number of rotatable bonds is 3. The van der Waals surface area contributed by atoms with Gasteiger partial charge in [0.1, 0.15) is 17.0 Å². The van der Waals surface area contributed by atoms with Crippen LogP contribution in [0.2, 0.25) is 0 Å². The second-order valence-electron chi connectivity index (χ2n) is 7.50. The molecule has 0 atom stereocenters. The van der Waals surface area contributed by atoms with E-state index in [4.69, 9.17) is 4.74 Å². The zero-order valence-corrected chi connectivity index (χ0v) is 14.7. The number of aryl methyl sites for hydroxylation is 1. The molecule has 1 amide bonds. The molecule has 6 nitrogen and oxygen atoms in total. The highest BCUT2D eigenvalue weighted by Crippen LogP contribution is 2.28. The number of aliphatic hydroxyl groups is 1. The van der Waals surface area contributed by atoms with Crippen LogP contribution in [-0.4, -0.2) is 49.9 Å². The number of nitrogens with zero attached hydrogens (tertiary/aromatic N) is 3. The lowest BCUT2D eigenvalue weighted by Gasteiger charge is -2.46. The molecule has 2 heterocycles. The molecular formula is C18H25N3O3. The zero-order chi connectivity index (χ0) is 17.5. The van der Waals surface area contributed by atoms with Crippen LogP contribution < -0.4 is 0 Å². The van der Waals surface area contributed by atoms with E-state index in [9.17, 15) is 9.90 Å². The van der Waals surface area contributed by atoms with Gasteiger partial charge < -0.3 is 19.3 Å². The van der Waals surface area contributed by atoms with E-state index >= 15 is 0 Å². The maximum atomic E-state index is 12.0. The van der Waals surface area contributed by atoms with E-state index in [0.29, 0.717) is 6.42 Å². The SMILES string of the molecule is CCn1c(CC2(O)CN(C(=O)OC(C)(C)C)C2)nc2ccccc21. The summed E-state index contributed by atoms with van der Waals surface area (Å²) in [6.07, 6.45) is 0.0469. The van der Waals surface area contributed by atoms with Gasteiger partial charge >= 0.3 is 6.09 Å². The molecule has 0 spiro atoms. The number of amides is 1. The minimum atomic E-state index is -0.939. The van der Waals surface area contributed by atoms with Crippen molar-refractivity contribution in [3.05, 3.63) is 30.1 Å². The molecule has 3 rings (SSSR count). The fourth-order valence-corrected chi connectivity index (χ4v) is 3.14. The molecule has 1 aliphatic heterocycles. The summed E-state index contributed by atoms with van der Waals surface area (Å²) in [5, 5.41) is 10.7. The van der Waals surface area contributed by atoms with Crippen LogP contribution in [0.15, 0.2) is 24.3 Å². The molecule has 1 N–H and O–H groups in total. The molecule has 6 heteroatoms. The van der Waals surface area contributed by atoms with Crippen LogP contribution in [0.3, 0.4) is 0 Å². The smallest absolute Gasteiger partial charge is 0.410 e. The molecule has 0 radical (unpaired) electrons. The summed E-state index contributed by atoms with van der Waals surface area (Å²) in [5.41, 5.74) is 0.537. The Morgan fingerprint density at radius 1 is 1.33 bits per heavy atom. The third-order valence-electron chi connectivity index (χ3n) is 4.16. The largest absolute Gasteiger partial charge is 0.444 e. The average molecular weight is 331 g/mol. The molecule has 0 saturated carbocycles. The minimum Gasteiger partial charge on any atom is -0.444 e. The number of hydrogen-bond donors (Lipinski definition) is 1. The zero-order valence-electron chi connectivity index (χ0n) is 14.7. The van der Waals surface area contributed by atoms with E-state index in [1.165, 1.54) is 4.90 Å². The van der Waals surface area contributed by atoms with Crippen molar-refractivity contribution in [1.82, 2.24) is 14.5 Å². The number of fused-ring (bicyclic) bond motifs is 1. The van der Waals surface area contributed by atoms with E-state index in [1.807, 2.05) is 45.0 Å². The normalized spacial score (nSPS) is 17.0. The monoisotopic (exact) mass is 331 g/mol. The van der Waals surface area contributed by atoms with Crippen molar-refractivity contribution < 1.29 is 14.6 Å². The summed E-state index contributed by atoms with van der Waals surface area (Å²) in [6, 6.07) is 7.96. The highest BCUT2D eigenvalue weighted by atomic mass is 16.6. The summed E-state index contributed by atoms with van der Waals surface area (Å²) in [4.78, 5) is 18.2. The number of aromatic nitrogens is 2. The second kappa shape index (κ2) is 5.77. The molecule has 24 heavy (non-hydrogen) atoms. The van der Waals surface area contributed by atoms with Crippen molar-refractivity contribution in [3.63, 3.8) is 0 Å². The topological polar surface area (TPSA) is 67.6 Å². The number of likely N-dealkylation sites (tertiary alicyclic amines) is 1. The first-order valence-corrected chi connectivity index (χ1v) is 8.35. The fourth-order valence-electron chi connectivity index (χ4n) is 3.14. The Hall–Kier alpha value is -2.08. The fraction of sp³-hybridized carbons (Fsp3) is 0.556. The van der Waals surface area contributed by atoms with Gasteiger partial charge in [-0.3, -0.25) is 0 Å². The summed E-state index contributed by atoms with van der Waals surface area (Å²) in [5.74, 6) is 0.852. The second-order valence-corrected chi connectivity index (χ2v) is 7.50. The van der Waals surface area contributed by atoms with Gasteiger partial charge in [-0.05, 0) is 39.8 Å². The third-order valence-corrected chi connectivity index (χ3v) is 4.16. The molecule has 1 saturated heterocycles. The molecule has 1 aliphatic rings. The molecule has 0 unspecified atom stereocenters. The van der Waals surface area contributed by atoms with Crippen LogP contribution in [0.25, 0.3) is 11.0 Å². The Balaban J connectivity index is 1.71. The Morgan fingerprint density at radius 3 is 2.62 bits per heavy atom. The quantitative estimate of drug-likeness (QED) is 0.939. The number of carbonyl (C=O) groups excluding carboxylic acids is 1. The standard InChI is InChI=1S/C18H25N3O3/c1-5-21-14-9-7-6-8-13(14)19-15(21)10-18(23)11-20(12-18)16(22)24-17(2,3)4/h6-9,23H,5,10-12H2,1-4H3. The highest BCUT2D eigenvalue weighted by Gasteiger charge is 2.46. The molecule has 2 aromatic rings. The van der Waals surface area contributed by atoms with Crippen LogP contribution in [0, 0.1) is 0 Å². The van der Waals surface area contributed by atoms with Crippen LogP contribution in [0.1, 0.15) is 33.5 Å². The number of para-hydroxylation sites is 2. The first-order valence-electron chi connectivity index (χ1n) is 8.35. The number of hydrogen-bond acceptors (Lipinski definition) is 4. The minimum absolute atomic E-state index is 0.273. The van der Waals surface area contributed by atoms with Crippen LogP contribution in [-0.2, 0) is 17.7 Å². The first-order chi connectivity index (χ1) is 11.2. The Bertz CT molecular complexity index is 754. The number of ether oxygens (including phenoxy) is 1. The maximum absolute atomic E-state index is 12.0. The van der Waals surface area contributed by atoms with Crippen molar-refractivity contribution in [1.29, 1.82) is 0 Å². The van der Waals surface area contributed by atoms with E-state index < -0.39 is 11.2 Å². The summed E-state index contributed by atoms with van der Waals surface area (Å²) < 4.78 is 7.45. The lowest BCUT2D eigenvalue weighted by Crippen LogP contribution is -2.65. The Morgan fingerprint density at radius 2 is 2.00 bits per heavy atom. The predicted molar refractivity (Wildman–Crippen MR) is 91.9 cm³/mol. The van der Waals surface area contributed by atoms with Gasteiger partial charge in [-0.2, -0.15) is 0 Å². The van der Waals surface area contributed by atoms with Gasteiger partial charge in [-0.15, -0.1) is 0 Å². The number of β-amino-alcohol motifs (C(OH)–C–C–N with tert-alkyl or cyclic N) is 1. The van der Waals surface area contributed by atoms with Crippen molar-refractivity contribution in [2.45, 2.75) is 51.9 Å². The summed E-state index contributed by atoms with van der Waals surface area (Å²) in [6.45, 7) is 8.91. The maximum Gasteiger partial charge on any atom is 0.410 e. The Kier molecular flexibility index (Phi) is 4.03. The van der Waals surface area contributed by atoms with Gasteiger partial charge in [0.15, 0.2) is 0 Å². The molecule has 130 valence electrons. The van der Waals surface area contributed by atoms with E-state index in [1.54, 1.807) is 0 Å². The number of benzene rings is 1. The molecule has 0 bridgehead atoms. The molecular weight excluding hydrogens is 306 g/mol. The summed E-state index contributed by atoms with van der Waals surface area (Å²) in [7, 11) is 0. The molecule has 0 aliphatic carbocycles. The Labute approximate surface area is 142 Å². The van der Waals surface area contributed by atoms with Crippen molar-refractivity contribution in [3.8, 4) is 0 Å². The lowest BCUT2D eigenvalue weighted by atomic mass is 9.90. The van der Waals surface area contributed by atoms with Gasteiger partial charge in [-0.1, -0.05) is 12.1 Å². The molecule has 1 fully saturated rings. The van der Waals surface area contributed by atoms with Gasteiger partial charge in [0.2, 0.25) is 0 Å². The van der Waals surface area contributed by atoms with E-state index in [2.05, 4.69) is 16.5 Å². The van der Waals surface area contributed by atoms with Gasteiger partial charge in [-0.25, -0.2) is 9.78 Å². The number of carbonyl (C=O) groups is 1. The first kappa shape index (κ1) is 16.8. The van der Waals surface area contributed by atoms with Crippen LogP contribution in [0.5, 0.6) is 0 Å². The van der Waals surface area contributed by atoms with Crippen molar-refractivity contribution in [2.75, 3.05) is 13.1 Å². The van der Waals surface area contributed by atoms with Crippen molar-refractivity contribution in [2.24, 2.45) is 0 Å². The highest BCUT2D eigenvalue weighted by molar-refractivity contribution is 5.76. The lowest BCUT2D eigenvalue weighted by molar-refractivity contribution is -0.0985. The predicted octanol–water partition coefficient (Wildman–Crippen LogP) is 2.58. The third kappa shape index (κ3) is 3.24. The van der Waals surface area contributed by atoms with E-state index in [-0.39, 0.29) is 19.2 Å². The summed E-state index contributed by atoms with van der Waals surface area (Å²) >= 11 is 0. The van der Waals surface area contributed by atoms with Gasteiger partial charge in [0.25, 0.3) is 0 Å². The van der Waals surface area contributed by atoms with Gasteiger partial charge in [0.05, 0.1) is 24.1 Å². The average Bonchev–Trinajstić information content (AvgIpc) is 2.79. The van der Waals surface area contributed by atoms with Crippen LogP contribution in [0.4, 0.5) is 4.79 Å². The molecule has 1 aromatic carbocycles. The molecule has 1 aromatic heterocycles. The number of imidazole rings is 1.